The van der Waals surface area contributed by atoms with E-state index in [2.05, 4.69) is 20.8 Å². The summed E-state index contributed by atoms with van der Waals surface area (Å²) in [4.78, 5) is 24.6. The number of hydrogen-bond donors (Lipinski definition) is 3. The molecule has 0 radical (unpaired) electrons. The number of phenols is 2. The van der Waals surface area contributed by atoms with Crippen LogP contribution in [0.15, 0.2) is 23.3 Å². The molecule has 0 bridgehead atoms. The van der Waals surface area contributed by atoms with Crippen molar-refractivity contribution in [1.29, 1.82) is 0 Å². The largest absolute Gasteiger partial charge is 0.508 e. The van der Waals surface area contributed by atoms with Crippen molar-refractivity contribution in [2.45, 2.75) is 59.2 Å². The Bertz CT molecular complexity index is 906. The van der Waals surface area contributed by atoms with Crippen LogP contribution in [0.5, 0.6) is 11.5 Å². The third-order valence-corrected chi connectivity index (χ3v) is 7.36. The lowest BCUT2D eigenvalue weighted by molar-refractivity contribution is -0.109. The van der Waals surface area contributed by atoms with Gasteiger partial charge < -0.3 is 20.1 Å². The second kappa shape index (κ2) is 6.33. The molecule has 3 aliphatic carbocycles. The first-order chi connectivity index (χ1) is 13.5. The van der Waals surface area contributed by atoms with Gasteiger partial charge in [-0.15, -0.1) is 0 Å². The molecule has 29 heavy (non-hydrogen) atoms. The summed E-state index contributed by atoms with van der Waals surface area (Å²) in [5.74, 6) is -0.901. The fraction of sp³-hybridized carbons (Fsp3) is 0.565. The molecule has 4 rings (SSSR count). The zero-order valence-corrected chi connectivity index (χ0v) is 17.2. The average Bonchev–Trinajstić information content (AvgIpc) is 2.92. The van der Waals surface area contributed by atoms with Gasteiger partial charge in [0.15, 0.2) is 0 Å². The number of esters is 1. The predicted octanol–water partition coefficient (Wildman–Crippen LogP) is 3.26. The molecule has 0 spiro atoms. The van der Waals surface area contributed by atoms with Gasteiger partial charge in [0.05, 0.1) is 6.10 Å². The van der Waals surface area contributed by atoms with E-state index >= 15 is 0 Å². The Morgan fingerprint density at radius 3 is 2.48 bits per heavy atom. The molecule has 0 saturated heterocycles. The first kappa shape index (κ1) is 20.0. The maximum absolute atomic E-state index is 12.7. The number of rotatable bonds is 3. The molecule has 1 aromatic carbocycles. The zero-order chi connectivity index (χ0) is 21.3. The lowest BCUT2D eigenvalue weighted by Gasteiger charge is -2.57. The molecule has 0 aliphatic heterocycles. The number of aldehydes is 1. The van der Waals surface area contributed by atoms with Crippen molar-refractivity contribution >= 4 is 12.3 Å². The van der Waals surface area contributed by atoms with Gasteiger partial charge in [-0.25, -0.2) is 4.79 Å². The SMILES string of the molecule is Cc1cc(O)cc(O)c1C(=O)OC1CC2(C)C1=C(C=O)C(O)C1CC(C)(C)CC12. The first-order valence-electron chi connectivity index (χ1n) is 10.1. The van der Waals surface area contributed by atoms with Crippen LogP contribution in [0.4, 0.5) is 0 Å². The van der Waals surface area contributed by atoms with E-state index in [4.69, 9.17) is 4.74 Å². The van der Waals surface area contributed by atoms with Crippen LogP contribution in [0.1, 0.15) is 56.0 Å². The number of ether oxygens (including phenoxy) is 1. The topological polar surface area (TPSA) is 104 Å². The van der Waals surface area contributed by atoms with Crippen molar-refractivity contribution in [3.63, 3.8) is 0 Å². The van der Waals surface area contributed by atoms with E-state index in [1.807, 2.05) is 0 Å². The van der Waals surface area contributed by atoms with E-state index in [0.717, 1.165) is 24.5 Å². The third-order valence-electron chi connectivity index (χ3n) is 7.36. The van der Waals surface area contributed by atoms with Crippen LogP contribution in [-0.2, 0) is 9.53 Å². The summed E-state index contributed by atoms with van der Waals surface area (Å²) in [6.07, 6.45) is 1.69. The Morgan fingerprint density at radius 2 is 1.86 bits per heavy atom. The average molecular weight is 400 g/mol. The van der Waals surface area contributed by atoms with Crippen LogP contribution in [0.25, 0.3) is 0 Å². The Labute approximate surface area is 170 Å². The van der Waals surface area contributed by atoms with E-state index in [9.17, 15) is 24.9 Å². The Kier molecular flexibility index (Phi) is 4.35. The number of benzene rings is 1. The highest BCUT2D eigenvalue weighted by atomic mass is 16.5. The van der Waals surface area contributed by atoms with Gasteiger partial charge >= 0.3 is 5.97 Å². The van der Waals surface area contributed by atoms with E-state index < -0.39 is 18.2 Å². The molecule has 0 amide bonds. The lowest BCUT2D eigenvalue weighted by Crippen LogP contribution is -2.56. The second-order valence-electron chi connectivity index (χ2n) is 9.95. The van der Waals surface area contributed by atoms with Gasteiger partial charge in [-0.2, -0.15) is 0 Å². The fourth-order valence-electron chi connectivity index (χ4n) is 6.17. The minimum Gasteiger partial charge on any atom is -0.508 e. The van der Waals surface area contributed by atoms with E-state index in [1.54, 1.807) is 6.92 Å². The molecule has 6 heteroatoms. The highest BCUT2D eigenvalue weighted by Crippen LogP contribution is 2.66. The third kappa shape index (κ3) is 2.88. The number of aryl methyl sites for hydroxylation is 1. The molecule has 2 saturated carbocycles. The highest BCUT2D eigenvalue weighted by molar-refractivity contribution is 5.94. The molecule has 5 atom stereocenters. The van der Waals surface area contributed by atoms with Crippen LogP contribution >= 0.6 is 0 Å². The van der Waals surface area contributed by atoms with Crippen molar-refractivity contribution in [3.05, 3.63) is 34.4 Å². The summed E-state index contributed by atoms with van der Waals surface area (Å²) in [7, 11) is 0. The van der Waals surface area contributed by atoms with Gasteiger partial charge in [0.25, 0.3) is 0 Å². The van der Waals surface area contributed by atoms with Crippen LogP contribution in [0, 0.1) is 29.6 Å². The molecule has 0 aromatic heterocycles. The normalized spacial score (nSPS) is 34.8. The maximum Gasteiger partial charge on any atom is 0.342 e. The second-order valence-corrected chi connectivity index (χ2v) is 9.95. The van der Waals surface area contributed by atoms with Gasteiger partial charge in [0.1, 0.15) is 29.5 Å². The smallest absolute Gasteiger partial charge is 0.342 e. The Morgan fingerprint density at radius 1 is 1.17 bits per heavy atom. The molecule has 3 N–H and O–H groups in total. The van der Waals surface area contributed by atoms with Crippen molar-refractivity contribution in [1.82, 2.24) is 0 Å². The number of aliphatic hydroxyl groups is 1. The highest BCUT2D eigenvalue weighted by Gasteiger charge is 2.63. The van der Waals surface area contributed by atoms with Crippen molar-refractivity contribution in [3.8, 4) is 11.5 Å². The Balaban J connectivity index is 1.65. The number of phenolic OH excluding ortho intramolecular Hbond substituents is 2. The Hall–Kier alpha value is -2.34. The van der Waals surface area contributed by atoms with Crippen molar-refractivity contribution in [2.75, 3.05) is 0 Å². The molecule has 3 aliphatic rings. The van der Waals surface area contributed by atoms with Gasteiger partial charge in [0, 0.05) is 11.6 Å². The van der Waals surface area contributed by atoms with E-state index in [-0.39, 0.29) is 39.7 Å². The van der Waals surface area contributed by atoms with E-state index in [0.29, 0.717) is 23.8 Å². The number of carbonyl (C=O) groups excluding carboxylic acids is 2. The van der Waals surface area contributed by atoms with Crippen LogP contribution < -0.4 is 0 Å². The zero-order valence-electron chi connectivity index (χ0n) is 17.2. The molecule has 156 valence electrons. The van der Waals surface area contributed by atoms with Gasteiger partial charge in [-0.3, -0.25) is 4.79 Å². The summed E-state index contributed by atoms with van der Waals surface area (Å²) in [5, 5.41) is 30.5. The number of aromatic hydroxyl groups is 2. The standard InChI is InChI=1S/C23H28O6/c1-11-5-12(25)6-16(26)18(11)21(28)29-17-9-23(4)15-8-22(2,3)7-13(15)20(27)14(10-24)19(17)23/h5-6,10,13,15,17,20,25-27H,7-9H2,1-4H3. The minimum absolute atomic E-state index is 0.000824. The summed E-state index contributed by atoms with van der Waals surface area (Å²) in [5.41, 5.74) is 1.30. The summed E-state index contributed by atoms with van der Waals surface area (Å²) in [6.45, 7) is 8.08. The molecule has 5 unspecified atom stereocenters. The quantitative estimate of drug-likeness (QED) is 0.531. The van der Waals surface area contributed by atoms with Gasteiger partial charge in [-0.05, 0) is 66.1 Å². The maximum atomic E-state index is 12.7. The molecular weight excluding hydrogens is 372 g/mol. The first-order valence-corrected chi connectivity index (χ1v) is 10.1. The van der Waals surface area contributed by atoms with Crippen molar-refractivity contribution in [2.24, 2.45) is 22.7 Å². The van der Waals surface area contributed by atoms with Crippen molar-refractivity contribution < 1.29 is 29.6 Å². The molecular formula is C23H28O6. The minimum atomic E-state index is -0.840. The number of carbonyl (C=O) groups is 2. The lowest BCUT2D eigenvalue weighted by atomic mass is 9.49. The van der Waals surface area contributed by atoms with Crippen LogP contribution in [0.3, 0.4) is 0 Å². The number of hydrogen-bond acceptors (Lipinski definition) is 6. The summed E-state index contributed by atoms with van der Waals surface area (Å²) >= 11 is 0. The fourth-order valence-corrected chi connectivity index (χ4v) is 6.17. The number of aliphatic hydroxyl groups excluding tert-OH is 1. The summed E-state index contributed by atoms with van der Waals surface area (Å²) < 4.78 is 5.68. The molecule has 0 heterocycles. The predicted molar refractivity (Wildman–Crippen MR) is 106 cm³/mol. The number of fused-ring (bicyclic) bond motifs is 3. The molecule has 1 aromatic rings. The van der Waals surface area contributed by atoms with Crippen LogP contribution in [-0.4, -0.2) is 39.8 Å². The van der Waals surface area contributed by atoms with Gasteiger partial charge in [0.2, 0.25) is 0 Å². The van der Waals surface area contributed by atoms with Crippen LogP contribution in [0.2, 0.25) is 0 Å². The monoisotopic (exact) mass is 400 g/mol. The molecule has 2 fully saturated rings. The summed E-state index contributed by atoms with van der Waals surface area (Å²) in [6, 6.07) is 2.48. The van der Waals surface area contributed by atoms with Gasteiger partial charge in [-0.1, -0.05) is 20.8 Å². The van der Waals surface area contributed by atoms with E-state index in [1.165, 1.54) is 6.07 Å². The molecule has 6 nitrogen and oxygen atoms in total.